The third-order valence-corrected chi connectivity index (χ3v) is 7.74. The molecule has 0 bridgehead atoms. The number of methoxy groups -OCH3 is 1. The standard InChI is InChI=1S/C24H24N6O3S3/c1-15-3-5-16(6-4-15)21(31)25-23-29-27-19(35-23)11-13-34-14-12-20-28-30-24(36-20)26-22(32)17-7-9-18(33-2)10-8-17/h3-10H,11-14H2,1-2H3,(H,25,29,31)(H,26,30,32). The van der Waals surface area contributed by atoms with Gasteiger partial charge in [0.1, 0.15) is 15.8 Å². The topological polar surface area (TPSA) is 119 Å². The van der Waals surface area contributed by atoms with Crippen LogP contribution in [0.25, 0.3) is 0 Å². The summed E-state index contributed by atoms with van der Waals surface area (Å²) in [5.41, 5.74) is 2.22. The number of aryl methyl sites for hydroxylation is 3. The highest BCUT2D eigenvalue weighted by Gasteiger charge is 2.12. The molecule has 9 nitrogen and oxygen atoms in total. The van der Waals surface area contributed by atoms with E-state index in [1.54, 1.807) is 55.3 Å². The summed E-state index contributed by atoms with van der Waals surface area (Å²) in [6.45, 7) is 1.98. The molecule has 0 radical (unpaired) electrons. The van der Waals surface area contributed by atoms with E-state index in [9.17, 15) is 9.59 Å². The summed E-state index contributed by atoms with van der Waals surface area (Å²) in [7, 11) is 1.58. The van der Waals surface area contributed by atoms with Gasteiger partial charge in [-0.25, -0.2) is 0 Å². The number of thioether (sulfide) groups is 1. The molecule has 36 heavy (non-hydrogen) atoms. The van der Waals surface area contributed by atoms with Crippen molar-refractivity contribution < 1.29 is 14.3 Å². The minimum atomic E-state index is -0.235. The molecule has 12 heteroatoms. The molecular formula is C24H24N6O3S3. The van der Waals surface area contributed by atoms with Crippen LogP contribution in [0.4, 0.5) is 10.3 Å². The monoisotopic (exact) mass is 540 g/mol. The van der Waals surface area contributed by atoms with Crippen molar-refractivity contribution in [2.45, 2.75) is 19.8 Å². The van der Waals surface area contributed by atoms with E-state index in [-0.39, 0.29) is 11.8 Å². The van der Waals surface area contributed by atoms with E-state index < -0.39 is 0 Å². The van der Waals surface area contributed by atoms with E-state index in [0.29, 0.717) is 27.1 Å². The van der Waals surface area contributed by atoms with E-state index in [2.05, 4.69) is 31.0 Å². The summed E-state index contributed by atoms with van der Waals surface area (Å²) in [4.78, 5) is 24.7. The van der Waals surface area contributed by atoms with Gasteiger partial charge in [0.05, 0.1) is 7.11 Å². The van der Waals surface area contributed by atoms with Gasteiger partial charge in [-0.1, -0.05) is 40.4 Å². The number of rotatable bonds is 11. The first-order valence-corrected chi connectivity index (χ1v) is 13.8. The highest BCUT2D eigenvalue weighted by Crippen LogP contribution is 2.21. The third kappa shape index (κ3) is 7.33. The summed E-state index contributed by atoms with van der Waals surface area (Å²) in [5.74, 6) is 2.01. The van der Waals surface area contributed by atoms with Crippen molar-refractivity contribution in [3.05, 3.63) is 75.2 Å². The second-order valence-corrected chi connectivity index (χ2v) is 11.0. The van der Waals surface area contributed by atoms with Gasteiger partial charge in [0, 0.05) is 24.0 Å². The first kappa shape index (κ1) is 25.7. The highest BCUT2D eigenvalue weighted by molar-refractivity contribution is 7.99. The van der Waals surface area contributed by atoms with E-state index in [1.165, 1.54) is 22.7 Å². The van der Waals surface area contributed by atoms with Crippen LogP contribution in [0.2, 0.25) is 0 Å². The summed E-state index contributed by atoms with van der Waals surface area (Å²) in [6.07, 6.45) is 1.52. The maximum atomic E-state index is 12.4. The average molecular weight is 541 g/mol. The van der Waals surface area contributed by atoms with E-state index in [4.69, 9.17) is 4.74 Å². The van der Waals surface area contributed by atoms with Gasteiger partial charge in [-0.05, 0) is 54.8 Å². The number of ether oxygens (including phenoxy) is 1. The SMILES string of the molecule is COc1ccc(C(=O)Nc2nnc(CCSCCc3nnc(NC(=O)c4ccc(C)cc4)s3)s2)cc1. The maximum Gasteiger partial charge on any atom is 0.257 e. The van der Waals surface area contributed by atoms with E-state index in [0.717, 1.165) is 39.9 Å². The lowest BCUT2D eigenvalue weighted by atomic mass is 10.1. The van der Waals surface area contributed by atoms with Crippen LogP contribution >= 0.6 is 34.4 Å². The third-order valence-electron chi connectivity index (χ3n) is 4.96. The second kappa shape index (κ2) is 12.6. The van der Waals surface area contributed by atoms with Crippen LogP contribution in [0, 0.1) is 6.92 Å². The number of nitrogens with one attached hydrogen (secondary N) is 2. The van der Waals surface area contributed by atoms with Crippen molar-refractivity contribution in [2.24, 2.45) is 0 Å². The molecule has 0 aliphatic carbocycles. The molecule has 4 aromatic rings. The lowest BCUT2D eigenvalue weighted by Gasteiger charge is -2.02. The molecule has 2 aromatic heterocycles. The second-order valence-electron chi connectivity index (χ2n) is 7.62. The molecular weight excluding hydrogens is 517 g/mol. The smallest absolute Gasteiger partial charge is 0.257 e. The summed E-state index contributed by atoms with van der Waals surface area (Å²) >= 11 is 4.54. The molecule has 0 atom stereocenters. The average Bonchev–Trinajstić information content (AvgIpc) is 3.53. The van der Waals surface area contributed by atoms with Gasteiger partial charge in [0.25, 0.3) is 11.8 Å². The molecule has 0 saturated carbocycles. The molecule has 0 fully saturated rings. The lowest BCUT2D eigenvalue weighted by molar-refractivity contribution is 0.101. The van der Waals surface area contributed by atoms with Gasteiger partial charge < -0.3 is 4.74 Å². The Morgan fingerprint density at radius 3 is 1.72 bits per heavy atom. The molecule has 4 rings (SSSR count). The van der Waals surface area contributed by atoms with Gasteiger partial charge in [0.2, 0.25) is 10.3 Å². The summed E-state index contributed by atoms with van der Waals surface area (Å²) < 4.78 is 5.11. The number of anilines is 2. The molecule has 2 heterocycles. The fourth-order valence-electron chi connectivity index (χ4n) is 3.02. The van der Waals surface area contributed by atoms with Crippen molar-refractivity contribution in [3.8, 4) is 5.75 Å². The number of aromatic nitrogens is 4. The Labute approximate surface area is 220 Å². The van der Waals surface area contributed by atoms with Crippen LogP contribution < -0.4 is 15.4 Å². The maximum absolute atomic E-state index is 12.4. The Balaban J connectivity index is 1.15. The first-order chi connectivity index (χ1) is 17.5. The number of carbonyl (C=O) groups excluding carboxylic acids is 2. The van der Waals surface area contributed by atoms with Crippen LogP contribution in [-0.4, -0.2) is 50.8 Å². The normalized spacial score (nSPS) is 10.7. The highest BCUT2D eigenvalue weighted by atomic mass is 32.2. The molecule has 0 spiro atoms. The zero-order chi connectivity index (χ0) is 25.3. The molecule has 0 aliphatic heterocycles. The van der Waals surface area contributed by atoms with Crippen LogP contribution in [-0.2, 0) is 12.8 Å². The molecule has 2 amide bonds. The zero-order valence-corrected chi connectivity index (χ0v) is 22.1. The number of carbonyl (C=O) groups is 2. The van der Waals surface area contributed by atoms with Crippen LogP contribution in [0.3, 0.4) is 0 Å². The van der Waals surface area contributed by atoms with Crippen molar-refractivity contribution in [1.82, 2.24) is 20.4 Å². The number of amides is 2. The minimum Gasteiger partial charge on any atom is -0.497 e. The predicted molar refractivity (Wildman–Crippen MR) is 145 cm³/mol. The Morgan fingerprint density at radius 1 is 0.778 bits per heavy atom. The van der Waals surface area contributed by atoms with Gasteiger partial charge in [-0.15, -0.1) is 20.4 Å². The number of benzene rings is 2. The van der Waals surface area contributed by atoms with Gasteiger partial charge in [-0.3, -0.25) is 20.2 Å². The van der Waals surface area contributed by atoms with Crippen LogP contribution in [0.5, 0.6) is 5.75 Å². The zero-order valence-electron chi connectivity index (χ0n) is 19.7. The molecule has 0 aliphatic rings. The Morgan fingerprint density at radius 2 is 1.25 bits per heavy atom. The number of nitrogens with zero attached hydrogens (tertiary/aromatic N) is 4. The van der Waals surface area contributed by atoms with Crippen LogP contribution in [0.15, 0.2) is 48.5 Å². The number of hydrogen-bond acceptors (Lipinski definition) is 10. The predicted octanol–water partition coefficient (Wildman–Crippen LogP) is 4.73. The van der Waals surface area contributed by atoms with Crippen molar-refractivity contribution >= 4 is 56.5 Å². The van der Waals surface area contributed by atoms with E-state index in [1.807, 2.05) is 19.1 Å². The summed E-state index contributed by atoms with van der Waals surface area (Å²) in [6, 6.07) is 14.3. The van der Waals surface area contributed by atoms with Crippen molar-refractivity contribution in [1.29, 1.82) is 0 Å². The molecule has 186 valence electrons. The Hall–Kier alpha value is -3.35. The van der Waals surface area contributed by atoms with Gasteiger partial charge >= 0.3 is 0 Å². The quantitative estimate of drug-likeness (QED) is 0.262. The van der Waals surface area contributed by atoms with E-state index >= 15 is 0 Å². The van der Waals surface area contributed by atoms with Crippen molar-refractivity contribution in [2.75, 3.05) is 29.2 Å². The fraction of sp³-hybridized carbons (Fsp3) is 0.250. The first-order valence-electron chi connectivity index (χ1n) is 11.1. The van der Waals surface area contributed by atoms with Gasteiger partial charge in [0.15, 0.2) is 0 Å². The lowest BCUT2D eigenvalue weighted by Crippen LogP contribution is -2.11. The summed E-state index contributed by atoms with van der Waals surface area (Å²) in [5, 5.41) is 24.8. The Bertz CT molecular complexity index is 1310. The largest absolute Gasteiger partial charge is 0.497 e. The molecule has 0 saturated heterocycles. The molecule has 2 aromatic carbocycles. The molecule has 2 N–H and O–H groups in total. The minimum absolute atomic E-state index is 0.191. The van der Waals surface area contributed by atoms with Crippen molar-refractivity contribution in [3.63, 3.8) is 0 Å². The molecule has 0 unspecified atom stereocenters. The number of hydrogen-bond donors (Lipinski definition) is 2. The van der Waals surface area contributed by atoms with Crippen LogP contribution in [0.1, 0.15) is 36.3 Å². The Kier molecular flexibility index (Phi) is 8.98. The van der Waals surface area contributed by atoms with Gasteiger partial charge in [-0.2, -0.15) is 11.8 Å². The fourth-order valence-corrected chi connectivity index (χ4v) is 5.62.